The van der Waals surface area contributed by atoms with E-state index in [1.54, 1.807) is 18.2 Å². The molecule has 0 saturated carbocycles. The fourth-order valence-corrected chi connectivity index (χ4v) is 5.58. The molecule has 2 heterocycles. The van der Waals surface area contributed by atoms with E-state index in [0.717, 1.165) is 17.0 Å². The average Bonchev–Trinajstić information content (AvgIpc) is 3.28. The molecule has 1 N–H and O–H groups in total. The number of amides is 1. The summed E-state index contributed by atoms with van der Waals surface area (Å²) in [5.74, 6) is 0.638. The third kappa shape index (κ3) is 4.55. The van der Waals surface area contributed by atoms with E-state index in [9.17, 15) is 13.2 Å². The maximum absolute atomic E-state index is 12.8. The van der Waals surface area contributed by atoms with Gasteiger partial charge in [0, 0.05) is 37.9 Å². The molecule has 10 heteroatoms. The number of sulfonamides is 1. The Morgan fingerprint density at radius 3 is 2.53 bits per heavy atom. The topological polar surface area (TPSA) is 97.2 Å². The number of hydrogen-bond acceptors (Lipinski definition) is 6. The van der Waals surface area contributed by atoms with Gasteiger partial charge in [-0.1, -0.05) is 13.8 Å². The number of nitrogens with zero attached hydrogens (tertiary/aromatic N) is 4. The van der Waals surface area contributed by atoms with Crippen molar-refractivity contribution in [3.63, 3.8) is 0 Å². The van der Waals surface area contributed by atoms with Crippen LogP contribution in [-0.4, -0.2) is 46.3 Å². The van der Waals surface area contributed by atoms with Crippen molar-refractivity contribution in [1.82, 2.24) is 18.8 Å². The molecule has 162 valence electrons. The van der Waals surface area contributed by atoms with E-state index in [0.29, 0.717) is 36.7 Å². The monoisotopic (exact) mass is 449 g/mol. The maximum atomic E-state index is 12.8. The molecule has 0 unspecified atom stereocenters. The van der Waals surface area contributed by atoms with Crippen molar-refractivity contribution in [2.75, 3.05) is 18.4 Å². The smallest absolute Gasteiger partial charge is 0.243 e. The fraction of sp³-hybridized carbons (Fsp3) is 0.450. The zero-order chi connectivity index (χ0) is 21.9. The van der Waals surface area contributed by atoms with Crippen LogP contribution in [0.1, 0.15) is 38.7 Å². The summed E-state index contributed by atoms with van der Waals surface area (Å²) in [6.07, 6.45) is 0.726. The van der Waals surface area contributed by atoms with Crippen LogP contribution in [0.5, 0.6) is 0 Å². The molecule has 0 bridgehead atoms. The molecular weight excluding hydrogens is 422 g/mol. The number of imidazole rings is 1. The summed E-state index contributed by atoms with van der Waals surface area (Å²) in [5.41, 5.74) is 2.36. The lowest BCUT2D eigenvalue weighted by Gasteiger charge is -2.18. The van der Waals surface area contributed by atoms with Crippen molar-refractivity contribution >= 4 is 43.4 Å². The van der Waals surface area contributed by atoms with Crippen LogP contribution in [0.25, 0.3) is 11.0 Å². The maximum Gasteiger partial charge on any atom is 0.243 e. The van der Waals surface area contributed by atoms with Crippen molar-refractivity contribution in [2.45, 2.75) is 52.0 Å². The highest BCUT2D eigenvalue weighted by atomic mass is 32.2. The molecule has 0 spiro atoms. The molecular formula is C20H27N5O3S2. The van der Waals surface area contributed by atoms with E-state index in [-0.39, 0.29) is 17.2 Å². The third-order valence-corrected chi connectivity index (χ3v) is 7.82. The SMILES string of the molecule is CCN(CC)S(=O)(=O)c1ccc2c(c1)nc(CCC(=O)Nc1nc(C)cs1)n2CC. The minimum Gasteiger partial charge on any atom is -0.328 e. The summed E-state index contributed by atoms with van der Waals surface area (Å²) in [4.78, 5) is 21.4. The summed E-state index contributed by atoms with van der Waals surface area (Å²) in [5, 5.41) is 5.28. The Kier molecular flexibility index (Phi) is 6.89. The Labute approximate surface area is 181 Å². The molecule has 1 amide bonds. The number of aryl methyl sites for hydroxylation is 3. The van der Waals surface area contributed by atoms with Gasteiger partial charge in [-0.15, -0.1) is 11.3 Å². The van der Waals surface area contributed by atoms with Crippen LogP contribution in [-0.2, 0) is 27.8 Å². The Hall–Kier alpha value is -2.30. The van der Waals surface area contributed by atoms with Crippen LogP contribution in [0.3, 0.4) is 0 Å². The van der Waals surface area contributed by atoms with E-state index in [1.807, 2.05) is 37.6 Å². The minimum absolute atomic E-state index is 0.121. The molecule has 0 radical (unpaired) electrons. The number of carbonyl (C=O) groups excluding carboxylic acids is 1. The van der Waals surface area contributed by atoms with Crippen LogP contribution in [0.15, 0.2) is 28.5 Å². The number of nitrogens with one attached hydrogen (secondary N) is 1. The van der Waals surface area contributed by atoms with E-state index in [2.05, 4.69) is 15.3 Å². The number of hydrogen-bond donors (Lipinski definition) is 1. The van der Waals surface area contributed by atoms with Crippen molar-refractivity contribution in [3.05, 3.63) is 35.1 Å². The second-order valence-electron chi connectivity index (χ2n) is 6.85. The van der Waals surface area contributed by atoms with Gasteiger partial charge in [0.05, 0.1) is 21.6 Å². The Morgan fingerprint density at radius 2 is 1.93 bits per heavy atom. The molecule has 3 rings (SSSR count). The number of aromatic nitrogens is 3. The Morgan fingerprint density at radius 1 is 1.20 bits per heavy atom. The first kappa shape index (κ1) is 22.4. The lowest BCUT2D eigenvalue weighted by molar-refractivity contribution is -0.116. The first-order valence-corrected chi connectivity index (χ1v) is 12.3. The number of carbonyl (C=O) groups is 1. The number of fused-ring (bicyclic) bond motifs is 1. The van der Waals surface area contributed by atoms with Crippen LogP contribution in [0.2, 0.25) is 0 Å². The highest BCUT2D eigenvalue weighted by molar-refractivity contribution is 7.89. The fourth-order valence-electron chi connectivity index (χ4n) is 3.39. The van der Waals surface area contributed by atoms with Crippen LogP contribution in [0, 0.1) is 6.92 Å². The number of rotatable bonds is 9. The van der Waals surface area contributed by atoms with Crippen LogP contribution >= 0.6 is 11.3 Å². The largest absolute Gasteiger partial charge is 0.328 e. The van der Waals surface area contributed by atoms with Crippen molar-refractivity contribution in [1.29, 1.82) is 0 Å². The molecule has 0 saturated heterocycles. The van der Waals surface area contributed by atoms with Crippen molar-refractivity contribution in [2.24, 2.45) is 0 Å². The highest BCUT2D eigenvalue weighted by Crippen LogP contribution is 2.24. The van der Waals surface area contributed by atoms with Gasteiger partial charge in [0.25, 0.3) is 0 Å². The van der Waals surface area contributed by atoms with E-state index < -0.39 is 10.0 Å². The van der Waals surface area contributed by atoms with Crippen LogP contribution in [0.4, 0.5) is 5.13 Å². The molecule has 0 aliphatic carbocycles. The number of thiazole rings is 1. The summed E-state index contributed by atoms with van der Waals surface area (Å²) >= 11 is 1.40. The molecule has 0 atom stereocenters. The van der Waals surface area contributed by atoms with E-state index >= 15 is 0 Å². The highest BCUT2D eigenvalue weighted by Gasteiger charge is 2.23. The van der Waals surface area contributed by atoms with Crippen LogP contribution < -0.4 is 5.32 Å². The van der Waals surface area contributed by atoms with Gasteiger partial charge in [0.2, 0.25) is 15.9 Å². The summed E-state index contributed by atoms with van der Waals surface area (Å²) in [6.45, 7) is 9.04. The zero-order valence-corrected chi connectivity index (χ0v) is 19.3. The average molecular weight is 450 g/mol. The molecule has 8 nitrogen and oxygen atoms in total. The predicted molar refractivity (Wildman–Crippen MR) is 119 cm³/mol. The van der Waals surface area contributed by atoms with Crippen molar-refractivity contribution < 1.29 is 13.2 Å². The Bertz CT molecular complexity index is 1150. The van der Waals surface area contributed by atoms with Gasteiger partial charge in [0.15, 0.2) is 5.13 Å². The molecule has 0 fully saturated rings. The zero-order valence-electron chi connectivity index (χ0n) is 17.7. The quantitative estimate of drug-likeness (QED) is 0.540. The summed E-state index contributed by atoms with van der Waals surface area (Å²) in [6, 6.07) is 5.05. The number of anilines is 1. The standard InChI is InChI=1S/C20H27N5O3S2/c1-5-24(6-2)30(27,28)15-8-9-17-16(12-15)22-18(25(17)7-3)10-11-19(26)23-20-21-14(4)13-29-20/h8-9,12-13H,5-7,10-11H2,1-4H3,(H,21,23,26). The summed E-state index contributed by atoms with van der Waals surface area (Å²) in [7, 11) is -3.55. The molecule has 30 heavy (non-hydrogen) atoms. The molecule has 0 aliphatic heterocycles. The number of benzene rings is 1. The van der Waals surface area contributed by atoms with Gasteiger partial charge >= 0.3 is 0 Å². The van der Waals surface area contributed by atoms with Gasteiger partial charge in [-0.05, 0) is 32.0 Å². The second-order valence-corrected chi connectivity index (χ2v) is 9.65. The van der Waals surface area contributed by atoms with Gasteiger partial charge in [0.1, 0.15) is 5.82 Å². The first-order chi connectivity index (χ1) is 14.3. The predicted octanol–water partition coefficient (Wildman–Crippen LogP) is 3.42. The van der Waals surface area contributed by atoms with Gasteiger partial charge in [-0.2, -0.15) is 4.31 Å². The van der Waals surface area contributed by atoms with E-state index in [4.69, 9.17) is 0 Å². The van der Waals surface area contributed by atoms with Crippen molar-refractivity contribution in [3.8, 4) is 0 Å². The van der Waals surface area contributed by atoms with Gasteiger partial charge in [-0.25, -0.2) is 18.4 Å². The van der Waals surface area contributed by atoms with E-state index in [1.165, 1.54) is 15.6 Å². The summed E-state index contributed by atoms with van der Waals surface area (Å²) < 4.78 is 29.1. The third-order valence-electron chi connectivity index (χ3n) is 4.90. The van der Waals surface area contributed by atoms with Gasteiger partial charge in [-0.3, -0.25) is 4.79 Å². The molecule has 1 aromatic carbocycles. The lowest BCUT2D eigenvalue weighted by atomic mass is 10.3. The molecule has 2 aromatic heterocycles. The first-order valence-electron chi connectivity index (χ1n) is 10.0. The molecule has 0 aliphatic rings. The Balaban J connectivity index is 1.82. The minimum atomic E-state index is -3.55. The second kappa shape index (κ2) is 9.23. The van der Waals surface area contributed by atoms with Gasteiger partial charge < -0.3 is 9.88 Å². The molecule has 3 aromatic rings. The normalized spacial score (nSPS) is 12.0. The lowest BCUT2D eigenvalue weighted by Crippen LogP contribution is -2.30.